The fourth-order valence-corrected chi connectivity index (χ4v) is 5.19. The fraction of sp³-hybridized carbons (Fsp3) is 0.278. The molecule has 3 aromatic rings. The molecule has 0 aliphatic heterocycles. The Morgan fingerprint density at radius 3 is 2.60 bits per heavy atom. The number of aryl methyl sites for hydroxylation is 3. The first-order chi connectivity index (χ1) is 11.9. The van der Waals surface area contributed by atoms with Crippen molar-refractivity contribution >= 4 is 51.2 Å². The van der Waals surface area contributed by atoms with Crippen LogP contribution in [0.1, 0.15) is 29.4 Å². The van der Waals surface area contributed by atoms with Crippen LogP contribution >= 0.6 is 34.4 Å². The van der Waals surface area contributed by atoms with Gasteiger partial charge >= 0.3 is 0 Å². The first-order valence-corrected chi connectivity index (χ1v) is 10.6. The van der Waals surface area contributed by atoms with Crippen molar-refractivity contribution in [2.75, 3.05) is 4.90 Å². The first-order valence-electron chi connectivity index (χ1n) is 7.81. The van der Waals surface area contributed by atoms with Gasteiger partial charge < -0.3 is 0 Å². The Balaban J connectivity index is 1.81. The molecule has 0 aliphatic carbocycles. The molecule has 0 saturated carbocycles. The van der Waals surface area contributed by atoms with Crippen LogP contribution in [-0.4, -0.2) is 15.9 Å². The summed E-state index contributed by atoms with van der Waals surface area (Å²) in [6, 6.07) is 6.09. The molecule has 0 unspecified atom stereocenters. The van der Waals surface area contributed by atoms with E-state index in [2.05, 4.69) is 16.0 Å². The average Bonchev–Trinajstić information content (AvgIpc) is 3.16. The number of nitrogens with zero attached hydrogens (tertiary/aromatic N) is 3. The summed E-state index contributed by atoms with van der Waals surface area (Å²) in [5.74, 6) is 0.721. The summed E-state index contributed by atoms with van der Waals surface area (Å²) in [5.41, 5.74) is 5.15. The van der Waals surface area contributed by atoms with Crippen LogP contribution in [0.2, 0.25) is 0 Å². The summed E-state index contributed by atoms with van der Waals surface area (Å²) in [5, 5.41) is 4.78. The highest BCUT2D eigenvalue weighted by atomic mass is 32.2. The zero-order chi connectivity index (χ0) is 18.0. The van der Waals surface area contributed by atoms with Crippen LogP contribution in [-0.2, 0) is 10.5 Å². The summed E-state index contributed by atoms with van der Waals surface area (Å²) in [6.45, 7) is 7.64. The standard InChI is InChI=1S/C18H19N3OS3/c1-11-5-6-16(12(2)7-11)21(14(4)22)17-20-15(9-23-17)10-25-18-19-13(3)8-24-18/h5-9H,10H2,1-4H3. The van der Waals surface area contributed by atoms with Crippen LogP contribution in [0.15, 0.2) is 33.3 Å². The summed E-state index contributed by atoms with van der Waals surface area (Å²) >= 11 is 4.82. The maximum absolute atomic E-state index is 12.3. The van der Waals surface area contributed by atoms with Crippen LogP contribution in [0, 0.1) is 20.8 Å². The van der Waals surface area contributed by atoms with Crippen molar-refractivity contribution in [2.24, 2.45) is 0 Å². The Labute approximate surface area is 159 Å². The van der Waals surface area contributed by atoms with Crippen molar-refractivity contribution in [3.63, 3.8) is 0 Å². The van der Waals surface area contributed by atoms with Crippen molar-refractivity contribution in [3.05, 3.63) is 51.5 Å². The molecule has 0 bridgehead atoms. The highest BCUT2D eigenvalue weighted by Gasteiger charge is 2.19. The molecule has 3 rings (SSSR count). The van der Waals surface area contributed by atoms with Crippen LogP contribution < -0.4 is 4.90 Å². The minimum absolute atomic E-state index is 0.0314. The average molecular weight is 390 g/mol. The van der Waals surface area contributed by atoms with Gasteiger partial charge in [0.05, 0.1) is 11.4 Å². The SMILES string of the molecule is CC(=O)N(c1nc(CSc2nc(C)cs2)cs1)c1ccc(C)cc1C. The topological polar surface area (TPSA) is 46.1 Å². The van der Waals surface area contributed by atoms with E-state index in [1.807, 2.05) is 43.7 Å². The van der Waals surface area contributed by atoms with Crippen molar-refractivity contribution in [3.8, 4) is 0 Å². The molecule has 0 N–H and O–H groups in total. The lowest BCUT2D eigenvalue weighted by atomic mass is 10.1. The number of hydrogen-bond acceptors (Lipinski definition) is 6. The highest BCUT2D eigenvalue weighted by Crippen LogP contribution is 2.33. The smallest absolute Gasteiger partial charge is 0.230 e. The van der Waals surface area contributed by atoms with Gasteiger partial charge in [0, 0.05) is 29.1 Å². The predicted octanol–water partition coefficient (Wildman–Crippen LogP) is 5.50. The number of carbonyl (C=O) groups excluding carboxylic acids is 1. The van der Waals surface area contributed by atoms with E-state index in [1.165, 1.54) is 16.9 Å². The molecule has 2 aromatic heterocycles. The second-order valence-electron chi connectivity index (χ2n) is 5.81. The minimum Gasteiger partial charge on any atom is -0.274 e. The molecule has 0 fully saturated rings. The van der Waals surface area contributed by atoms with Gasteiger partial charge in [-0.15, -0.1) is 22.7 Å². The quantitative estimate of drug-likeness (QED) is 0.540. The van der Waals surface area contributed by atoms with Gasteiger partial charge in [-0.3, -0.25) is 9.69 Å². The lowest BCUT2D eigenvalue weighted by Crippen LogP contribution is -2.23. The van der Waals surface area contributed by atoms with Crippen molar-refractivity contribution in [1.29, 1.82) is 0 Å². The Kier molecular flexibility index (Phi) is 5.56. The molecular formula is C18H19N3OS3. The molecule has 130 valence electrons. The molecule has 0 saturated heterocycles. The van der Waals surface area contributed by atoms with Gasteiger partial charge in [-0.05, 0) is 32.4 Å². The number of amides is 1. The normalized spacial score (nSPS) is 10.9. The summed E-state index contributed by atoms with van der Waals surface area (Å²) in [6.07, 6.45) is 0. The predicted molar refractivity (Wildman–Crippen MR) is 107 cm³/mol. The van der Waals surface area contributed by atoms with Gasteiger partial charge in [-0.1, -0.05) is 29.5 Å². The Morgan fingerprint density at radius 1 is 1.16 bits per heavy atom. The summed E-state index contributed by atoms with van der Waals surface area (Å²) in [4.78, 5) is 23.1. The lowest BCUT2D eigenvalue weighted by molar-refractivity contribution is -0.115. The van der Waals surface area contributed by atoms with Crippen molar-refractivity contribution in [2.45, 2.75) is 37.8 Å². The monoisotopic (exact) mass is 389 g/mol. The zero-order valence-electron chi connectivity index (χ0n) is 14.6. The van der Waals surface area contributed by atoms with Crippen LogP contribution in [0.5, 0.6) is 0 Å². The van der Waals surface area contributed by atoms with Crippen LogP contribution in [0.3, 0.4) is 0 Å². The van der Waals surface area contributed by atoms with E-state index in [1.54, 1.807) is 34.9 Å². The van der Waals surface area contributed by atoms with Crippen molar-refractivity contribution in [1.82, 2.24) is 9.97 Å². The number of anilines is 2. The molecule has 0 radical (unpaired) electrons. The number of hydrogen-bond donors (Lipinski definition) is 0. The third-order valence-corrected chi connectivity index (χ3v) is 6.63. The van der Waals surface area contributed by atoms with E-state index in [4.69, 9.17) is 0 Å². The molecule has 0 spiro atoms. The molecule has 2 heterocycles. The Morgan fingerprint density at radius 2 is 1.96 bits per heavy atom. The Bertz CT molecular complexity index is 901. The third kappa shape index (κ3) is 4.29. The number of aromatic nitrogens is 2. The molecule has 4 nitrogen and oxygen atoms in total. The zero-order valence-corrected chi connectivity index (χ0v) is 17.0. The molecule has 1 aromatic carbocycles. The van der Waals surface area contributed by atoms with Gasteiger partial charge in [0.25, 0.3) is 0 Å². The number of benzene rings is 1. The summed E-state index contributed by atoms with van der Waals surface area (Å²) < 4.78 is 1.05. The van der Waals surface area contributed by atoms with E-state index in [0.717, 1.165) is 32.7 Å². The van der Waals surface area contributed by atoms with E-state index >= 15 is 0 Å². The van der Waals surface area contributed by atoms with Gasteiger partial charge in [0.15, 0.2) is 5.13 Å². The fourth-order valence-electron chi connectivity index (χ4n) is 2.46. The molecule has 7 heteroatoms. The number of thiazole rings is 2. The van der Waals surface area contributed by atoms with Crippen LogP contribution in [0.25, 0.3) is 0 Å². The third-order valence-electron chi connectivity index (χ3n) is 3.58. The largest absolute Gasteiger partial charge is 0.274 e. The summed E-state index contributed by atoms with van der Waals surface area (Å²) in [7, 11) is 0. The van der Waals surface area contributed by atoms with E-state index in [9.17, 15) is 4.79 Å². The number of carbonyl (C=O) groups is 1. The van der Waals surface area contributed by atoms with Gasteiger partial charge in [-0.25, -0.2) is 9.97 Å². The first kappa shape index (κ1) is 18.1. The Hall–Kier alpha value is -1.70. The molecular weight excluding hydrogens is 370 g/mol. The lowest BCUT2D eigenvalue weighted by Gasteiger charge is -2.20. The van der Waals surface area contributed by atoms with Crippen LogP contribution in [0.4, 0.5) is 10.8 Å². The highest BCUT2D eigenvalue weighted by molar-refractivity contribution is 8.00. The van der Waals surface area contributed by atoms with Gasteiger partial charge in [0.2, 0.25) is 5.91 Å². The molecule has 0 atom stereocenters. The van der Waals surface area contributed by atoms with Crippen molar-refractivity contribution < 1.29 is 4.79 Å². The van der Waals surface area contributed by atoms with E-state index in [-0.39, 0.29) is 5.91 Å². The van der Waals surface area contributed by atoms with E-state index in [0.29, 0.717) is 5.13 Å². The maximum Gasteiger partial charge on any atom is 0.230 e. The number of thioether (sulfide) groups is 1. The van der Waals surface area contributed by atoms with Gasteiger partial charge in [0.1, 0.15) is 4.34 Å². The molecule has 25 heavy (non-hydrogen) atoms. The maximum atomic E-state index is 12.3. The van der Waals surface area contributed by atoms with Gasteiger partial charge in [-0.2, -0.15) is 0 Å². The second kappa shape index (κ2) is 7.68. The second-order valence-corrected chi connectivity index (χ2v) is 8.73. The number of rotatable bonds is 5. The molecule has 0 aliphatic rings. The van der Waals surface area contributed by atoms with E-state index < -0.39 is 0 Å². The minimum atomic E-state index is -0.0314. The molecule has 1 amide bonds.